The van der Waals surface area contributed by atoms with Gasteiger partial charge in [0, 0.05) is 35.5 Å². The maximum Gasteiger partial charge on any atom is 0.191 e. The van der Waals surface area contributed by atoms with Gasteiger partial charge in [-0.3, -0.25) is 0 Å². The van der Waals surface area contributed by atoms with Crippen LogP contribution in [0.1, 0.15) is 55.7 Å². The van der Waals surface area contributed by atoms with Crippen LogP contribution in [0.4, 0.5) is 0 Å². The van der Waals surface area contributed by atoms with Gasteiger partial charge in [0.2, 0.25) is 0 Å². The number of nitrogens with zero attached hydrogens (tertiary/aromatic N) is 2. The molecule has 7 heteroatoms. The van der Waals surface area contributed by atoms with Crippen LogP contribution in [0.15, 0.2) is 33.8 Å². The summed E-state index contributed by atoms with van der Waals surface area (Å²) in [5.74, 6) is 2.27. The Morgan fingerprint density at radius 1 is 1.30 bits per heavy atom. The van der Waals surface area contributed by atoms with Crippen LogP contribution in [0, 0.1) is 0 Å². The zero-order valence-corrected chi connectivity index (χ0v) is 19.2. The molecule has 1 aliphatic carbocycles. The molecule has 1 aromatic heterocycles. The van der Waals surface area contributed by atoms with Crippen molar-refractivity contribution in [1.82, 2.24) is 15.8 Å². The highest BCUT2D eigenvalue weighted by atomic mass is 127. The Bertz CT molecular complexity index is 756. The fraction of sp³-hybridized carbons (Fsp3) is 0.500. The highest BCUT2D eigenvalue weighted by molar-refractivity contribution is 14.0. The summed E-state index contributed by atoms with van der Waals surface area (Å²) < 4.78 is 5.44. The maximum absolute atomic E-state index is 6.11. The minimum Gasteiger partial charge on any atom is -0.361 e. The quantitative estimate of drug-likeness (QED) is 0.328. The van der Waals surface area contributed by atoms with Crippen LogP contribution < -0.4 is 10.6 Å². The normalized spacial score (nSPS) is 18.7. The number of hydrogen-bond acceptors (Lipinski definition) is 3. The second-order valence-electron chi connectivity index (χ2n) is 6.58. The number of halogens is 2. The van der Waals surface area contributed by atoms with E-state index in [1.165, 1.54) is 5.56 Å². The van der Waals surface area contributed by atoms with E-state index in [9.17, 15) is 0 Å². The molecule has 27 heavy (non-hydrogen) atoms. The average Bonchev–Trinajstić information content (AvgIpc) is 3.29. The first-order valence-corrected chi connectivity index (χ1v) is 9.80. The summed E-state index contributed by atoms with van der Waals surface area (Å²) in [6, 6.07) is 8.51. The molecule has 2 N–H and O–H groups in total. The number of benzene rings is 1. The standard InChI is InChI=1S/C20H27ClN4O.HI/c1-4-17-16(19(5-2)26-25-17)12-23-20(22-6-3)24-18-11-15(18)13-8-7-9-14(21)10-13;/h7-10,15,18H,4-6,11-12H2,1-3H3,(H2,22,23,24);1H. The minimum atomic E-state index is 0. The van der Waals surface area contributed by atoms with Crippen molar-refractivity contribution in [2.45, 2.75) is 58.5 Å². The van der Waals surface area contributed by atoms with Gasteiger partial charge in [0.15, 0.2) is 5.96 Å². The van der Waals surface area contributed by atoms with E-state index >= 15 is 0 Å². The molecule has 0 spiro atoms. The molecule has 1 aromatic carbocycles. The van der Waals surface area contributed by atoms with E-state index in [0.29, 0.717) is 18.5 Å². The van der Waals surface area contributed by atoms with Crippen LogP contribution >= 0.6 is 35.6 Å². The van der Waals surface area contributed by atoms with E-state index in [1.807, 2.05) is 12.1 Å². The van der Waals surface area contributed by atoms with Gasteiger partial charge in [-0.15, -0.1) is 24.0 Å². The lowest BCUT2D eigenvalue weighted by atomic mass is 10.1. The Kier molecular flexibility index (Phi) is 8.41. The van der Waals surface area contributed by atoms with E-state index in [0.717, 1.165) is 53.8 Å². The lowest BCUT2D eigenvalue weighted by Crippen LogP contribution is -2.39. The van der Waals surface area contributed by atoms with E-state index in [1.54, 1.807) is 0 Å². The van der Waals surface area contributed by atoms with Gasteiger partial charge >= 0.3 is 0 Å². The maximum atomic E-state index is 6.11. The number of nitrogens with one attached hydrogen (secondary N) is 2. The molecule has 1 heterocycles. The molecule has 1 aliphatic rings. The molecular formula is C20H28ClIN4O. The lowest BCUT2D eigenvalue weighted by Gasteiger charge is -2.11. The van der Waals surface area contributed by atoms with Crippen LogP contribution in [0.2, 0.25) is 5.02 Å². The fourth-order valence-corrected chi connectivity index (χ4v) is 3.43. The molecule has 148 valence electrons. The topological polar surface area (TPSA) is 62.5 Å². The van der Waals surface area contributed by atoms with Crippen molar-refractivity contribution < 1.29 is 4.52 Å². The molecule has 3 rings (SSSR count). The molecule has 0 amide bonds. The van der Waals surface area contributed by atoms with Crippen LogP contribution in [-0.4, -0.2) is 23.7 Å². The van der Waals surface area contributed by atoms with Crippen LogP contribution in [0.3, 0.4) is 0 Å². The Morgan fingerprint density at radius 2 is 2.11 bits per heavy atom. The minimum absolute atomic E-state index is 0. The molecule has 0 radical (unpaired) electrons. The third-order valence-electron chi connectivity index (χ3n) is 4.74. The van der Waals surface area contributed by atoms with Gasteiger partial charge in [0.25, 0.3) is 0 Å². The summed E-state index contributed by atoms with van der Waals surface area (Å²) in [4.78, 5) is 4.77. The molecular weight excluding hydrogens is 475 g/mol. The second-order valence-corrected chi connectivity index (χ2v) is 7.02. The van der Waals surface area contributed by atoms with Crippen molar-refractivity contribution in [1.29, 1.82) is 0 Å². The van der Waals surface area contributed by atoms with Crippen molar-refractivity contribution in [3.05, 3.63) is 51.9 Å². The highest BCUT2D eigenvalue weighted by Gasteiger charge is 2.39. The van der Waals surface area contributed by atoms with Crippen LogP contribution in [0.25, 0.3) is 0 Å². The van der Waals surface area contributed by atoms with Crippen molar-refractivity contribution in [3.8, 4) is 0 Å². The van der Waals surface area contributed by atoms with E-state index in [4.69, 9.17) is 21.1 Å². The number of rotatable bonds is 7. The fourth-order valence-electron chi connectivity index (χ4n) is 3.23. The summed E-state index contributed by atoms with van der Waals surface area (Å²) in [6.45, 7) is 7.65. The van der Waals surface area contributed by atoms with Crippen LogP contribution in [0.5, 0.6) is 0 Å². The second kappa shape index (κ2) is 10.3. The van der Waals surface area contributed by atoms with E-state index in [-0.39, 0.29) is 24.0 Å². The molecule has 0 aliphatic heterocycles. The predicted octanol–water partition coefficient (Wildman–Crippen LogP) is 4.68. The number of hydrogen-bond donors (Lipinski definition) is 2. The molecule has 2 unspecified atom stereocenters. The largest absolute Gasteiger partial charge is 0.361 e. The Morgan fingerprint density at radius 3 is 2.78 bits per heavy atom. The first-order chi connectivity index (χ1) is 12.7. The molecule has 5 nitrogen and oxygen atoms in total. The first kappa shape index (κ1) is 22.0. The first-order valence-electron chi connectivity index (χ1n) is 9.42. The van der Waals surface area contributed by atoms with Gasteiger partial charge in [-0.1, -0.05) is 42.7 Å². The van der Waals surface area contributed by atoms with Gasteiger partial charge in [0.05, 0.1) is 12.2 Å². The lowest BCUT2D eigenvalue weighted by molar-refractivity contribution is 0.380. The summed E-state index contributed by atoms with van der Waals surface area (Å²) in [7, 11) is 0. The SMILES string of the molecule is CCNC(=NCc1c(CC)noc1CC)NC1CC1c1cccc(Cl)c1.I. The smallest absolute Gasteiger partial charge is 0.191 e. The number of guanidine groups is 1. The zero-order valence-electron chi connectivity index (χ0n) is 16.1. The van der Waals surface area contributed by atoms with E-state index in [2.05, 4.69) is 48.7 Å². The third-order valence-corrected chi connectivity index (χ3v) is 4.97. The highest BCUT2D eigenvalue weighted by Crippen LogP contribution is 2.41. The van der Waals surface area contributed by atoms with Gasteiger partial charge in [-0.2, -0.15) is 0 Å². The molecule has 0 bridgehead atoms. The Balaban J connectivity index is 0.00000261. The number of aryl methyl sites for hydroxylation is 2. The van der Waals surface area contributed by atoms with Crippen molar-refractivity contribution in [3.63, 3.8) is 0 Å². The predicted molar refractivity (Wildman–Crippen MR) is 121 cm³/mol. The monoisotopic (exact) mass is 502 g/mol. The molecule has 2 aromatic rings. The molecule has 1 saturated carbocycles. The van der Waals surface area contributed by atoms with Crippen molar-refractivity contribution in [2.75, 3.05) is 6.54 Å². The zero-order chi connectivity index (χ0) is 18.5. The van der Waals surface area contributed by atoms with E-state index < -0.39 is 0 Å². The van der Waals surface area contributed by atoms with Gasteiger partial charge in [-0.05, 0) is 37.5 Å². The van der Waals surface area contributed by atoms with Crippen molar-refractivity contribution in [2.24, 2.45) is 4.99 Å². The Hall–Kier alpha value is -1.28. The van der Waals surface area contributed by atoms with Crippen molar-refractivity contribution >= 4 is 41.5 Å². The molecule has 2 atom stereocenters. The summed E-state index contributed by atoms with van der Waals surface area (Å²) in [5, 5.41) is 11.8. The summed E-state index contributed by atoms with van der Waals surface area (Å²) >= 11 is 6.11. The Labute approximate surface area is 183 Å². The van der Waals surface area contributed by atoms with Crippen LogP contribution in [-0.2, 0) is 19.4 Å². The summed E-state index contributed by atoms with van der Waals surface area (Å²) in [5.41, 5.74) is 3.41. The summed E-state index contributed by atoms with van der Waals surface area (Å²) in [6.07, 6.45) is 2.79. The molecule has 0 saturated heterocycles. The van der Waals surface area contributed by atoms with Gasteiger partial charge in [0.1, 0.15) is 5.76 Å². The number of aromatic nitrogens is 1. The van der Waals surface area contributed by atoms with Gasteiger partial charge < -0.3 is 15.2 Å². The van der Waals surface area contributed by atoms with Gasteiger partial charge in [-0.25, -0.2) is 4.99 Å². The molecule has 1 fully saturated rings. The number of aliphatic imine (C=N–C) groups is 1. The average molecular weight is 503 g/mol. The third kappa shape index (κ3) is 5.60.